The van der Waals surface area contributed by atoms with Crippen LogP contribution in [0.4, 0.5) is 0 Å². The number of aromatic nitrogens is 1. The summed E-state index contributed by atoms with van der Waals surface area (Å²) in [5.41, 5.74) is 0.992. The summed E-state index contributed by atoms with van der Waals surface area (Å²) in [6, 6.07) is 3.87. The molecule has 1 aromatic carbocycles. The lowest BCUT2D eigenvalue weighted by atomic mass is 10.3. The van der Waals surface area contributed by atoms with Crippen molar-refractivity contribution >= 4 is 21.6 Å². The summed E-state index contributed by atoms with van der Waals surface area (Å²) in [7, 11) is 0. The van der Waals surface area contributed by atoms with Gasteiger partial charge in [0, 0.05) is 0 Å². The first-order chi connectivity index (χ1) is 6.34. The highest BCUT2D eigenvalue weighted by molar-refractivity contribution is 7.18. The molecule has 2 heterocycles. The molecule has 0 saturated carbocycles. The molecule has 1 aromatic heterocycles. The molecule has 0 spiro atoms. The second-order valence-electron chi connectivity index (χ2n) is 2.88. The Hall–Kier alpha value is -1.29. The maximum absolute atomic E-state index is 5.37. The summed E-state index contributed by atoms with van der Waals surface area (Å²) >= 11 is 1.64. The Balaban J connectivity index is 2.42. The average molecular weight is 193 g/mol. The van der Waals surface area contributed by atoms with Gasteiger partial charge in [0.2, 0.25) is 6.79 Å². The van der Waals surface area contributed by atoms with Gasteiger partial charge in [-0.25, -0.2) is 4.98 Å². The van der Waals surface area contributed by atoms with Crippen LogP contribution in [0.1, 0.15) is 5.01 Å². The van der Waals surface area contributed by atoms with Gasteiger partial charge in [0.05, 0.1) is 10.5 Å². The van der Waals surface area contributed by atoms with Crippen LogP contribution in [0.15, 0.2) is 12.1 Å². The highest BCUT2D eigenvalue weighted by atomic mass is 32.1. The lowest BCUT2D eigenvalue weighted by Crippen LogP contribution is -1.92. The van der Waals surface area contributed by atoms with Crippen molar-refractivity contribution in [2.45, 2.75) is 6.92 Å². The monoisotopic (exact) mass is 193 g/mol. The minimum atomic E-state index is 0.325. The van der Waals surface area contributed by atoms with Gasteiger partial charge in [0.15, 0.2) is 11.5 Å². The van der Waals surface area contributed by atoms with Crippen molar-refractivity contribution in [1.29, 1.82) is 0 Å². The zero-order valence-corrected chi connectivity index (χ0v) is 7.85. The van der Waals surface area contributed by atoms with Crippen LogP contribution in [0, 0.1) is 6.92 Å². The molecule has 66 valence electrons. The summed E-state index contributed by atoms with van der Waals surface area (Å²) in [5, 5.41) is 1.05. The van der Waals surface area contributed by atoms with E-state index >= 15 is 0 Å². The van der Waals surface area contributed by atoms with Gasteiger partial charge >= 0.3 is 0 Å². The van der Waals surface area contributed by atoms with E-state index in [1.807, 2.05) is 19.1 Å². The zero-order chi connectivity index (χ0) is 8.84. The molecule has 0 N–H and O–H groups in total. The van der Waals surface area contributed by atoms with Gasteiger partial charge in [0.25, 0.3) is 0 Å². The smallest absolute Gasteiger partial charge is 0.231 e. The predicted molar refractivity (Wildman–Crippen MR) is 50.5 cm³/mol. The Morgan fingerprint density at radius 3 is 3.23 bits per heavy atom. The second kappa shape index (κ2) is 2.35. The molecule has 0 unspecified atom stereocenters. The number of hydrogen-bond acceptors (Lipinski definition) is 4. The maximum Gasteiger partial charge on any atom is 0.231 e. The van der Waals surface area contributed by atoms with E-state index in [-0.39, 0.29) is 0 Å². The Labute approximate surface area is 78.9 Å². The van der Waals surface area contributed by atoms with E-state index in [1.54, 1.807) is 11.3 Å². The van der Waals surface area contributed by atoms with E-state index in [4.69, 9.17) is 9.47 Å². The highest BCUT2D eigenvalue weighted by Gasteiger charge is 2.18. The van der Waals surface area contributed by atoms with Crippen LogP contribution in [0.5, 0.6) is 11.5 Å². The molecular weight excluding hydrogens is 186 g/mol. The normalized spacial score (nSPS) is 13.9. The Morgan fingerprint density at radius 2 is 2.31 bits per heavy atom. The Bertz CT molecular complexity index is 478. The van der Waals surface area contributed by atoms with E-state index in [9.17, 15) is 0 Å². The van der Waals surface area contributed by atoms with E-state index < -0.39 is 0 Å². The molecule has 0 radical (unpaired) electrons. The van der Waals surface area contributed by atoms with Crippen LogP contribution in [-0.2, 0) is 0 Å². The van der Waals surface area contributed by atoms with Crippen LogP contribution in [0.2, 0.25) is 0 Å². The molecule has 0 bridgehead atoms. The third-order valence-corrected chi connectivity index (χ3v) is 2.99. The highest BCUT2D eigenvalue weighted by Crippen LogP contribution is 2.41. The van der Waals surface area contributed by atoms with Crippen LogP contribution >= 0.6 is 11.3 Å². The topological polar surface area (TPSA) is 31.4 Å². The van der Waals surface area contributed by atoms with Gasteiger partial charge in [-0.3, -0.25) is 0 Å². The van der Waals surface area contributed by atoms with Gasteiger partial charge in [-0.05, 0) is 19.1 Å². The van der Waals surface area contributed by atoms with E-state index in [0.717, 1.165) is 26.7 Å². The van der Waals surface area contributed by atoms with Gasteiger partial charge in [-0.15, -0.1) is 11.3 Å². The van der Waals surface area contributed by atoms with Crippen molar-refractivity contribution in [3.63, 3.8) is 0 Å². The fraction of sp³-hybridized carbons (Fsp3) is 0.222. The molecule has 0 aliphatic carbocycles. The fourth-order valence-electron chi connectivity index (χ4n) is 1.46. The number of aryl methyl sites for hydroxylation is 1. The lowest BCUT2D eigenvalue weighted by molar-refractivity contribution is 0.175. The van der Waals surface area contributed by atoms with Crippen molar-refractivity contribution in [3.8, 4) is 11.5 Å². The number of ether oxygens (including phenoxy) is 2. The second-order valence-corrected chi connectivity index (χ2v) is 4.08. The number of benzene rings is 1. The van der Waals surface area contributed by atoms with E-state index in [1.165, 1.54) is 0 Å². The SMILES string of the molecule is Cc1nc2ccc3c(c2s1)OCO3. The van der Waals surface area contributed by atoms with Gasteiger partial charge in [-0.1, -0.05) is 0 Å². The largest absolute Gasteiger partial charge is 0.454 e. The first kappa shape index (κ1) is 7.15. The van der Waals surface area contributed by atoms with Crippen LogP contribution in [-0.4, -0.2) is 11.8 Å². The number of fused-ring (bicyclic) bond motifs is 3. The predicted octanol–water partition coefficient (Wildman–Crippen LogP) is 2.33. The average Bonchev–Trinajstić information content (AvgIpc) is 2.65. The third-order valence-electron chi connectivity index (χ3n) is 2.00. The van der Waals surface area contributed by atoms with Crippen LogP contribution < -0.4 is 9.47 Å². The number of hydrogen-bond donors (Lipinski definition) is 0. The van der Waals surface area contributed by atoms with Crippen molar-refractivity contribution in [1.82, 2.24) is 4.98 Å². The molecule has 3 rings (SSSR count). The first-order valence-corrected chi connectivity index (χ1v) is 4.82. The van der Waals surface area contributed by atoms with Crippen molar-refractivity contribution in [2.75, 3.05) is 6.79 Å². The standard InChI is InChI=1S/C9H7NO2S/c1-5-10-6-2-3-7-8(9(6)13-5)12-4-11-7/h2-3H,4H2,1H3. The number of thiazole rings is 1. The fourth-order valence-corrected chi connectivity index (χ4v) is 2.37. The maximum atomic E-state index is 5.37. The van der Waals surface area contributed by atoms with Crippen molar-refractivity contribution < 1.29 is 9.47 Å². The molecule has 0 fully saturated rings. The summed E-state index contributed by atoms with van der Waals surface area (Å²) < 4.78 is 11.7. The summed E-state index contributed by atoms with van der Waals surface area (Å²) in [6.45, 7) is 2.32. The molecule has 4 heteroatoms. The minimum Gasteiger partial charge on any atom is -0.454 e. The van der Waals surface area contributed by atoms with E-state index in [2.05, 4.69) is 4.98 Å². The zero-order valence-electron chi connectivity index (χ0n) is 7.03. The van der Waals surface area contributed by atoms with Crippen LogP contribution in [0.3, 0.4) is 0 Å². The lowest BCUT2D eigenvalue weighted by Gasteiger charge is -1.94. The van der Waals surface area contributed by atoms with E-state index in [0.29, 0.717) is 6.79 Å². The van der Waals surface area contributed by atoms with Gasteiger partial charge < -0.3 is 9.47 Å². The Kier molecular flexibility index (Phi) is 1.29. The molecule has 0 amide bonds. The molecule has 1 aliphatic rings. The summed E-state index contributed by atoms with van der Waals surface area (Å²) in [4.78, 5) is 4.37. The van der Waals surface area contributed by atoms with Crippen molar-refractivity contribution in [3.05, 3.63) is 17.1 Å². The minimum absolute atomic E-state index is 0.325. The molecule has 13 heavy (non-hydrogen) atoms. The summed E-state index contributed by atoms with van der Waals surface area (Å²) in [6.07, 6.45) is 0. The summed E-state index contributed by atoms with van der Waals surface area (Å²) in [5.74, 6) is 1.68. The molecule has 0 atom stereocenters. The van der Waals surface area contributed by atoms with Crippen molar-refractivity contribution in [2.24, 2.45) is 0 Å². The molecule has 3 nitrogen and oxygen atoms in total. The third kappa shape index (κ3) is 0.920. The number of rotatable bonds is 0. The molecule has 1 aliphatic heterocycles. The molecule has 0 saturated heterocycles. The van der Waals surface area contributed by atoms with Gasteiger partial charge in [-0.2, -0.15) is 0 Å². The quantitative estimate of drug-likeness (QED) is 0.643. The Morgan fingerprint density at radius 1 is 1.38 bits per heavy atom. The van der Waals surface area contributed by atoms with Crippen LogP contribution in [0.25, 0.3) is 10.2 Å². The number of nitrogens with zero attached hydrogens (tertiary/aromatic N) is 1. The van der Waals surface area contributed by atoms with Gasteiger partial charge in [0.1, 0.15) is 4.70 Å². The molecule has 2 aromatic rings. The molecular formula is C9H7NO2S. The first-order valence-electron chi connectivity index (χ1n) is 4.00.